The van der Waals surface area contributed by atoms with E-state index in [-0.39, 0.29) is 5.92 Å². The van der Waals surface area contributed by atoms with Crippen molar-refractivity contribution in [3.8, 4) is 0 Å². The Labute approximate surface area is 200 Å². The fraction of sp³-hybridized carbons (Fsp3) is 0.533. The third kappa shape index (κ3) is 7.62. The van der Waals surface area contributed by atoms with Crippen LogP contribution in [0.15, 0.2) is 82.4 Å². The van der Waals surface area contributed by atoms with Gasteiger partial charge in [0.25, 0.3) is 0 Å². The molecule has 3 aliphatic rings. The lowest BCUT2D eigenvalue weighted by Crippen LogP contribution is -2.18. The molecule has 3 rings (SSSR count). The standard InChI is InChI=1S/C30H42FNO/c1-4-6-13-24(5-2)30(32)16-22(3)26-17-27(25-14-10-15-28(31)18-25)20-29(19-26)33-21-23-11-8-7-9-12-23/h4,6,10,13-16,20,23,27-28H,5,7-9,11-12,17-19,21,32H2,1-3H3/b6-4-,24-13+,26-22-,30-16-. The quantitative estimate of drug-likeness (QED) is 0.378. The minimum Gasteiger partial charge on any atom is -0.498 e. The third-order valence-electron chi connectivity index (χ3n) is 7.18. The van der Waals surface area contributed by atoms with Gasteiger partial charge in [-0.15, -0.1) is 0 Å². The molecule has 0 amide bonds. The molecule has 3 heteroatoms. The topological polar surface area (TPSA) is 35.2 Å². The van der Waals surface area contributed by atoms with Crippen molar-refractivity contribution in [1.82, 2.24) is 0 Å². The lowest BCUT2D eigenvalue weighted by molar-refractivity contribution is 0.134. The fourth-order valence-electron chi connectivity index (χ4n) is 5.10. The average Bonchev–Trinajstić information content (AvgIpc) is 2.83. The van der Waals surface area contributed by atoms with E-state index in [9.17, 15) is 4.39 Å². The number of hydrogen-bond donors (Lipinski definition) is 1. The van der Waals surface area contributed by atoms with Gasteiger partial charge in [-0.1, -0.05) is 73.8 Å². The largest absolute Gasteiger partial charge is 0.498 e. The minimum atomic E-state index is -0.889. The number of rotatable bonds is 8. The van der Waals surface area contributed by atoms with Gasteiger partial charge in [0, 0.05) is 24.5 Å². The van der Waals surface area contributed by atoms with E-state index >= 15 is 0 Å². The highest BCUT2D eigenvalue weighted by Crippen LogP contribution is 2.38. The Morgan fingerprint density at radius 3 is 2.70 bits per heavy atom. The van der Waals surface area contributed by atoms with Crippen LogP contribution in [0.1, 0.15) is 78.6 Å². The molecule has 2 atom stereocenters. The van der Waals surface area contributed by atoms with Crippen molar-refractivity contribution >= 4 is 0 Å². The van der Waals surface area contributed by atoms with Gasteiger partial charge in [0.2, 0.25) is 0 Å². The second-order valence-corrected chi connectivity index (χ2v) is 9.74. The van der Waals surface area contributed by atoms with Crippen LogP contribution in [0.5, 0.6) is 0 Å². The Balaban J connectivity index is 1.83. The van der Waals surface area contributed by atoms with E-state index in [1.165, 1.54) is 43.3 Å². The van der Waals surface area contributed by atoms with Crippen molar-refractivity contribution in [2.75, 3.05) is 6.61 Å². The highest BCUT2D eigenvalue weighted by atomic mass is 19.1. The highest BCUT2D eigenvalue weighted by molar-refractivity contribution is 5.41. The van der Waals surface area contributed by atoms with Gasteiger partial charge in [0.15, 0.2) is 0 Å². The van der Waals surface area contributed by atoms with E-state index in [0.29, 0.717) is 12.3 Å². The maximum atomic E-state index is 14.1. The molecule has 1 saturated carbocycles. The molecule has 2 unspecified atom stereocenters. The van der Waals surface area contributed by atoms with E-state index in [1.807, 2.05) is 25.2 Å². The number of nitrogens with two attached hydrogens (primary N) is 1. The van der Waals surface area contributed by atoms with Crippen molar-refractivity contribution < 1.29 is 9.13 Å². The summed E-state index contributed by atoms with van der Waals surface area (Å²) in [6.07, 6.45) is 24.9. The Morgan fingerprint density at radius 1 is 1.21 bits per heavy atom. The molecule has 0 radical (unpaired) electrons. The second-order valence-electron chi connectivity index (χ2n) is 9.74. The zero-order valence-electron chi connectivity index (χ0n) is 20.8. The van der Waals surface area contributed by atoms with E-state index in [4.69, 9.17) is 10.5 Å². The molecule has 2 nitrogen and oxygen atoms in total. The summed E-state index contributed by atoms with van der Waals surface area (Å²) in [4.78, 5) is 0. The number of hydrogen-bond acceptors (Lipinski definition) is 2. The van der Waals surface area contributed by atoms with Crippen molar-refractivity contribution in [2.24, 2.45) is 17.6 Å². The Morgan fingerprint density at radius 2 is 2.00 bits per heavy atom. The molecule has 0 aromatic heterocycles. The zero-order valence-corrected chi connectivity index (χ0v) is 20.8. The van der Waals surface area contributed by atoms with Gasteiger partial charge in [0.05, 0.1) is 12.4 Å². The number of allylic oxidation sites excluding steroid dienone is 12. The summed E-state index contributed by atoms with van der Waals surface area (Å²) in [7, 11) is 0. The number of alkyl halides is 1. The molecule has 0 bridgehead atoms. The van der Waals surface area contributed by atoms with Gasteiger partial charge in [-0.2, -0.15) is 0 Å². The van der Waals surface area contributed by atoms with Crippen LogP contribution in [0.4, 0.5) is 4.39 Å². The molecular weight excluding hydrogens is 409 g/mol. The van der Waals surface area contributed by atoms with Gasteiger partial charge >= 0.3 is 0 Å². The molecule has 3 aliphatic carbocycles. The van der Waals surface area contributed by atoms with Crippen molar-refractivity contribution in [2.45, 2.75) is 84.7 Å². The van der Waals surface area contributed by atoms with Gasteiger partial charge in [0.1, 0.15) is 6.17 Å². The van der Waals surface area contributed by atoms with E-state index in [2.05, 4.69) is 38.2 Å². The second kappa shape index (κ2) is 12.8. The molecule has 2 N–H and O–H groups in total. The summed E-state index contributed by atoms with van der Waals surface area (Å²) in [5, 5.41) is 0. The summed E-state index contributed by atoms with van der Waals surface area (Å²) in [5.74, 6) is 1.90. The molecule has 1 fully saturated rings. The van der Waals surface area contributed by atoms with Crippen LogP contribution in [0.3, 0.4) is 0 Å². The molecule has 0 saturated heterocycles. The van der Waals surface area contributed by atoms with Gasteiger partial charge in [-0.3, -0.25) is 0 Å². The van der Waals surface area contributed by atoms with Crippen molar-refractivity contribution in [3.63, 3.8) is 0 Å². The normalized spacial score (nSPS) is 26.9. The average molecular weight is 452 g/mol. The van der Waals surface area contributed by atoms with Gasteiger partial charge in [-0.25, -0.2) is 4.39 Å². The molecule has 180 valence electrons. The van der Waals surface area contributed by atoms with Gasteiger partial charge < -0.3 is 10.5 Å². The molecule has 0 heterocycles. The Hall–Kier alpha value is -2.29. The Bertz CT molecular complexity index is 877. The lowest BCUT2D eigenvalue weighted by atomic mass is 9.80. The fourth-order valence-corrected chi connectivity index (χ4v) is 5.10. The SMILES string of the molecule is C\C=C/C=C(CC)/C(N)=C/C(C)=C1\CC(OCC2CCCCC2)=CC(C2=CC=CC(F)C2)C1. The number of ether oxygens (including phenoxy) is 1. The first-order valence-electron chi connectivity index (χ1n) is 12.8. The Kier molecular flexibility index (Phi) is 9.84. The van der Waals surface area contributed by atoms with Crippen molar-refractivity contribution in [3.05, 3.63) is 82.4 Å². The van der Waals surface area contributed by atoms with Crippen LogP contribution in [0.2, 0.25) is 0 Å². The molecule has 0 aromatic rings. The number of halogens is 1. The highest BCUT2D eigenvalue weighted by Gasteiger charge is 2.25. The summed E-state index contributed by atoms with van der Waals surface area (Å²) in [6, 6.07) is 0. The lowest BCUT2D eigenvalue weighted by Gasteiger charge is -2.30. The molecule has 0 spiro atoms. The monoisotopic (exact) mass is 451 g/mol. The maximum Gasteiger partial charge on any atom is 0.122 e. The summed E-state index contributed by atoms with van der Waals surface area (Å²) in [6.45, 7) is 7.10. The van der Waals surface area contributed by atoms with Crippen LogP contribution in [-0.2, 0) is 4.74 Å². The smallest absolute Gasteiger partial charge is 0.122 e. The predicted octanol–water partition coefficient (Wildman–Crippen LogP) is 8.17. The predicted molar refractivity (Wildman–Crippen MR) is 138 cm³/mol. The zero-order chi connectivity index (χ0) is 23.6. The van der Waals surface area contributed by atoms with Crippen LogP contribution in [0.25, 0.3) is 0 Å². The third-order valence-corrected chi connectivity index (χ3v) is 7.18. The van der Waals surface area contributed by atoms with E-state index < -0.39 is 6.17 Å². The van der Waals surface area contributed by atoms with Gasteiger partial charge in [-0.05, 0) is 68.7 Å². The molecule has 33 heavy (non-hydrogen) atoms. The molecular formula is C30H42FNO. The molecule has 0 aromatic carbocycles. The van der Waals surface area contributed by atoms with Crippen LogP contribution in [-0.4, -0.2) is 12.8 Å². The first kappa shape index (κ1) is 25.3. The molecule has 0 aliphatic heterocycles. The first-order chi connectivity index (χ1) is 16.0. The van der Waals surface area contributed by atoms with E-state index in [1.54, 1.807) is 6.08 Å². The van der Waals surface area contributed by atoms with E-state index in [0.717, 1.165) is 48.5 Å². The summed E-state index contributed by atoms with van der Waals surface area (Å²) >= 11 is 0. The van der Waals surface area contributed by atoms with Crippen LogP contribution in [0, 0.1) is 11.8 Å². The van der Waals surface area contributed by atoms with Crippen molar-refractivity contribution in [1.29, 1.82) is 0 Å². The maximum absolute atomic E-state index is 14.1. The summed E-state index contributed by atoms with van der Waals surface area (Å²) in [5.41, 5.74) is 12.1. The first-order valence-corrected chi connectivity index (χ1v) is 12.8. The summed E-state index contributed by atoms with van der Waals surface area (Å²) < 4.78 is 20.5. The minimum absolute atomic E-state index is 0.187. The van der Waals surface area contributed by atoms with Crippen LogP contribution < -0.4 is 5.73 Å². The van der Waals surface area contributed by atoms with Crippen LogP contribution >= 0.6 is 0 Å².